The van der Waals surface area contributed by atoms with Crippen molar-refractivity contribution < 1.29 is 4.57 Å². The van der Waals surface area contributed by atoms with E-state index in [-0.39, 0.29) is 6.04 Å². The van der Waals surface area contributed by atoms with Gasteiger partial charge in [0.2, 0.25) is 11.2 Å². The fraction of sp³-hybridized carbons (Fsp3) is 0.216. The molecule has 1 atom stereocenters. The molecule has 200 valence electrons. The first-order valence-electron chi connectivity index (χ1n) is 14.6. The van der Waals surface area contributed by atoms with Crippen molar-refractivity contribution in [2.24, 2.45) is 0 Å². The molecule has 0 N–H and O–H groups in total. The van der Waals surface area contributed by atoms with Gasteiger partial charge in [0.15, 0.2) is 0 Å². The Bertz CT molecular complexity index is 1660. The van der Waals surface area contributed by atoms with E-state index < -0.39 is 0 Å². The average molecular weight is 525 g/mol. The van der Waals surface area contributed by atoms with Crippen LogP contribution in [0.15, 0.2) is 114 Å². The smallest absolute Gasteiger partial charge is 0.212 e. The summed E-state index contributed by atoms with van der Waals surface area (Å²) in [6.07, 6.45) is 15.0. The highest BCUT2D eigenvalue weighted by Crippen LogP contribution is 2.34. The molecule has 0 spiro atoms. The number of nitrogens with zero attached hydrogens (tertiary/aromatic N) is 3. The lowest BCUT2D eigenvalue weighted by Gasteiger charge is -2.35. The summed E-state index contributed by atoms with van der Waals surface area (Å²) in [4.78, 5) is 4.97. The average Bonchev–Trinajstić information content (AvgIpc) is 3.00. The van der Waals surface area contributed by atoms with Crippen molar-refractivity contribution in [3.63, 3.8) is 0 Å². The lowest BCUT2D eigenvalue weighted by Crippen LogP contribution is -2.37. The molecule has 0 saturated carbocycles. The number of aryl methyl sites for hydroxylation is 1. The predicted octanol–water partition coefficient (Wildman–Crippen LogP) is 8.28. The van der Waals surface area contributed by atoms with Crippen LogP contribution in [0.3, 0.4) is 0 Å². The minimum absolute atomic E-state index is 0.286. The van der Waals surface area contributed by atoms with E-state index >= 15 is 0 Å². The third kappa shape index (κ3) is 4.88. The molecular formula is C37H38N3+. The molecule has 1 aromatic heterocycles. The van der Waals surface area contributed by atoms with Gasteiger partial charge in [0, 0.05) is 53.8 Å². The monoisotopic (exact) mass is 524 g/mol. The Morgan fingerprint density at radius 1 is 0.750 bits per heavy atom. The van der Waals surface area contributed by atoms with Crippen LogP contribution < -0.4 is 14.4 Å². The number of rotatable bonds is 7. The van der Waals surface area contributed by atoms with E-state index in [1.54, 1.807) is 0 Å². The van der Waals surface area contributed by atoms with Gasteiger partial charge >= 0.3 is 0 Å². The maximum Gasteiger partial charge on any atom is 0.212 e. The zero-order valence-electron chi connectivity index (χ0n) is 23.8. The topological polar surface area (TPSA) is 10.4 Å². The molecule has 40 heavy (non-hydrogen) atoms. The van der Waals surface area contributed by atoms with Crippen LogP contribution in [0.25, 0.3) is 29.1 Å². The quantitative estimate of drug-likeness (QED) is 0.225. The summed E-state index contributed by atoms with van der Waals surface area (Å²) >= 11 is 0. The van der Waals surface area contributed by atoms with Crippen LogP contribution in [0.5, 0.6) is 0 Å². The van der Waals surface area contributed by atoms with Crippen LogP contribution >= 0.6 is 0 Å². The Morgan fingerprint density at radius 3 is 2.25 bits per heavy atom. The number of hydrogen-bond acceptors (Lipinski definition) is 2. The normalized spacial score (nSPS) is 17.4. The van der Waals surface area contributed by atoms with E-state index in [0.29, 0.717) is 0 Å². The van der Waals surface area contributed by atoms with Gasteiger partial charge in [0.05, 0.1) is 6.04 Å². The zero-order chi connectivity index (χ0) is 27.5. The molecule has 2 aliphatic heterocycles. The largest absolute Gasteiger partial charge is 0.365 e. The first kappa shape index (κ1) is 25.9. The first-order chi connectivity index (χ1) is 19.7. The summed E-state index contributed by atoms with van der Waals surface area (Å²) in [5, 5.41) is 1.27. The van der Waals surface area contributed by atoms with Crippen LogP contribution in [-0.2, 0) is 6.54 Å². The van der Waals surface area contributed by atoms with Gasteiger partial charge in [-0.25, -0.2) is 0 Å². The van der Waals surface area contributed by atoms with E-state index in [1.807, 2.05) is 0 Å². The maximum atomic E-state index is 2.54. The van der Waals surface area contributed by atoms with E-state index in [9.17, 15) is 0 Å². The number of aromatic nitrogens is 1. The number of pyridine rings is 1. The highest BCUT2D eigenvalue weighted by atomic mass is 15.2. The molecule has 3 heteroatoms. The van der Waals surface area contributed by atoms with E-state index in [1.165, 1.54) is 50.4 Å². The number of para-hydroxylation sites is 3. The summed E-state index contributed by atoms with van der Waals surface area (Å²) in [6.45, 7) is 9.54. The fourth-order valence-corrected chi connectivity index (χ4v) is 6.27. The second kappa shape index (κ2) is 11.4. The molecule has 3 heterocycles. The van der Waals surface area contributed by atoms with Crippen molar-refractivity contribution in [1.29, 1.82) is 0 Å². The van der Waals surface area contributed by atoms with Gasteiger partial charge in [-0.3, -0.25) is 0 Å². The van der Waals surface area contributed by atoms with Crippen molar-refractivity contribution in [2.45, 2.75) is 39.8 Å². The summed E-state index contributed by atoms with van der Waals surface area (Å²) in [5.74, 6) is 0. The third-order valence-corrected chi connectivity index (χ3v) is 8.17. The minimum Gasteiger partial charge on any atom is -0.365 e. The molecule has 3 aromatic carbocycles. The molecule has 2 aliphatic rings. The summed E-state index contributed by atoms with van der Waals surface area (Å²) in [6, 6.07) is 30.9. The second-order valence-corrected chi connectivity index (χ2v) is 10.5. The Morgan fingerprint density at radius 2 is 1.48 bits per heavy atom. The van der Waals surface area contributed by atoms with Crippen LogP contribution in [-0.4, -0.2) is 19.1 Å². The van der Waals surface area contributed by atoms with Gasteiger partial charge in [0.1, 0.15) is 6.54 Å². The number of hydrogen-bond donors (Lipinski definition) is 0. The van der Waals surface area contributed by atoms with Crippen LogP contribution in [0.4, 0.5) is 11.4 Å². The van der Waals surface area contributed by atoms with E-state index in [0.717, 1.165) is 26.1 Å². The molecular weight excluding hydrogens is 486 g/mol. The number of benzene rings is 3. The van der Waals surface area contributed by atoms with E-state index in [4.69, 9.17) is 0 Å². The summed E-state index contributed by atoms with van der Waals surface area (Å²) in [5.41, 5.74) is 10.2. The van der Waals surface area contributed by atoms with E-state index in [2.05, 4.69) is 157 Å². The van der Waals surface area contributed by atoms with Crippen LogP contribution in [0.2, 0.25) is 0 Å². The second-order valence-electron chi connectivity index (χ2n) is 10.5. The molecule has 6 rings (SSSR count). The molecule has 1 unspecified atom stereocenters. The van der Waals surface area contributed by atoms with Crippen molar-refractivity contribution in [3.8, 4) is 0 Å². The van der Waals surface area contributed by atoms with Crippen molar-refractivity contribution in [2.75, 3.05) is 22.9 Å². The van der Waals surface area contributed by atoms with Gasteiger partial charge in [-0.2, -0.15) is 4.57 Å². The number of likely N-dealkylation sites (N-methyl/N-ethyl adjacent to an activating group) is 2. The van der Waals surface area contributed by atoms with Crippen molar-refractivity contribution in [3.05, 3.63) is 131 Å². The maximum absolute atomic E-state index is 2.54. The Kier molecular flexibility index (Phi) is 7.37. The molecule has 4 aromatic rings. The zero-order valence-corrected chi connectivity index (χ0v) is 23.8. The molecule has 0 amide bonds. The number of anilines is 2. The van der Waals surface area contributed by atoms with Crippen molar-refractivity contribution in [1.82, 2.24) is 0 Å². The highest BCUT2D eigenvalue weighted by Gasteiger charge is 2.24. The molecule has 0 aliphatic carbocycles. The summed E-state index contributed by atoms with van der Waals surface area (Å²) in [7, 11) is 0. The Balaban J connectivity index is 1.46. The van der Waals surface area contributed by atoms with Gasteiger partial charge in [-0.1, -0.05) is 66.8 Å². The summed E-state index contributed by atoms with van der Waals surface area (Å²) < 4.78 is 2.43. The highest BCUT2D eigenvalue weighted by molar-refractivity contribution is 5.78. The van der Waals surface area contributed by atoms with Gasteiger partial charge < -0.3 is 9.80 Å². The predicted molar refractivity (Wildman–Crippen MR) is 171 cm³/mol. The minimum atomic E-state index is 0.286. The first-order valence-corrected chi connectivity index (χ1v) is 14.6. The van der Waals surface area contributed by atoms with Gasteiger partial charge in [0.25, 0.3) is 0 Å². The molecule has 0 fully saturated rings. The number of fused-ring (bicyclic) bond motifs is 3. The molecule has 0 bridgehead atoms. The van der Waals surface area contributed by atoms with Crippen LogP contribution in [0, 0.1) is 0 Å². The lowest BCUT2D eigenvalue weighted by atomic mass is 9.95. The van der Waals surface area contributed by atoms with Crippen LogP contribution in [0.1, 0.15) is 44.0 Å². The third-order valence-electron chi connectivity index (χ3n) is 8.17. The van der Waals surface area contributed by atoms with Gasteiger partial charge in [-0.15, -0.1) is 0 Å². The molecule has 0 saturated heterocycles. The van der Waals surface area contributed by atoms with Gasteiger partial charge in [-0.05, 0) is 80.3 Å². The lowest BCUT2D eigenvalue weighted by molar-refractivity contribution is -0.669. The molecule has 0 radical (unpaired) electrons. The SMILES string of the molecule is CCN1C(=CC(=Cc2ccc3ccccc3[n+]2CC)CC2C=Cc3ccccc3N2CC)C=Cc2ccccc21. The Labute approximate surface area is 238 Å². The van der Waals surface area contributed by atoms with Crippen molar-refractivity contribution >= 4 is 40.5 Å². The number of allylic oxidation sites excluding steroid dienone is 2. The standard InChI is InChI=1S/C37H38N3/c1-4-38-32(22-19-29-13-7-10-16-35(29)38)25-28(26-33-23-20-30-14-8-11-17-36(30)39(33)5-2)27-34-24-21-31-15-9-12-18-37(31)40(34)6-3/h7-26,34H,4-6,27H2,1-3H3/q+1. The Hall–Kier alpha value is -4.37. The molecule has 3 nitrogen and oxygen atoms in total. The fourth-order valence-electron chi connectivity index (χ4n) is 6.27.